The highest BCUT2D eigenvalue weighted by Gasteiger charge is 2.25. The zero-order valence-electron chi connectivity index (χ0n) is 17.6. The molecule has 2 atom stereocenters. The number of hydrogen-bond acceptors (Lipinski definition) is 4. The van der Waals surface area contributed by atoms with Gasteiger partial charge in [-0.05, 0) is 50.7 Å². The van der Waals surface area contributed by atoms with Crippen molar-refractivity contribution in [3.05, 3.63) is 29.8 Å². The van der Waals surface area contributed by atoms with Crippen LogP contribution in [0.4, 0.5) is 0 Å². The number of benzene rings is 1. The number of fused-ring (bicyclic) bond motifs is 1. The normalized spacial score (nSPS) is 25.6. The Morgan fingerprint density at radius 3 is 2.83 bits per heavy atom. The molecule has 1 aromatic rings. The molecule has 0 aromatic heterocycles. The van der Waals surface area contributed by atoms with Crippen molar-refractivity contribution in [3.8, 4) is 5.75 Å². The Kier molecular flexibility index (Phi) is 7.28. The van der Waals surface area contributed by atoms with Gasteiger partial charge in [-0.25, -0.2) is 0 Å². The second-order valence-corrected chi connectivity index (χ2v) is 8.22. The molecule has 0 radical (unpaired) electrons. The highest BCUT2D eigenvalue weighted by molar-refractivity contribution is 5.80. The lowest BCUT2D eigenvalue weighted by Gasteiger charge is -2.35. The zero-order valence-corrected chi connectivity index (χ0v) is 17.6. The lowest BCUT2D eigenvalue weighted by Crippen LogP contribution is -2.47. The minimum atomic E-state index is 0.314. The quantitative estimate of drug-likeness (QED) is 0.586. The molecule has 0 aliphatic carbocycles. The summed E-state index contributed by atoms with van der Waals surface area (Å²) in [5, 5.41) is 3.49. The molecule has 1 N–H and O–H groups in total. The van der Waals surface area contributed by atoms with Crippen molar-refractivity contribution >= 4 is 5.96 Å². The molecule has 3 aliphatic rings. The highest BCUT2D eigenvalue weighted by Crippen LogP contribution is 2.33. The van der Waals surface area contributed by atoms with Crippen LogP contribution in [0.3, 0.4) is 0 Å². The lowest BCUT2D eigenvalue weighted by atomic mass is 9.93. The number of para-hydroxylation sites is 1. The summed E-state index contributed by atoms with van der Waals surface area (Å²) in [7, 11) is 0. The van der Waals surface area contributed by atoms with Crippen molar-refractivity contribution in [1.29, 1.82) is 0 Å². The standard InChI is InChI=1S/C23H35N3O3/c1-2-24-23(25-16-18-11-15-28-22-8-4-3-7-21(18)22)26-12-9-19(10-13-26)29-17-20-6-5-14-27-20/h3-4,7-8,18-20H,2,5-6,9-17H2,1H3,(H,24,25). The van der Waals surface area contributed by atoms with Crippen molar-refractivity contribution in [2.75, 3.05) is 46.0 Å². The van der Waals surface area contributed by atoms with E-state index < -0.39 is 0 Å². The molecule has 6 nitrogen and oxygen atoms in total. The van der Waals surface area contributed by atoms with E-state index in [2.05, 4.69) is 35.3 Å². The van der Waals surface area contributed by atoms with Gasteiger partial charge in [0.05, 0.1) is 25.4 Å². The van der Waals surface area contributed by atoms with Crippen LogP contribution in [0, 0.1) is 0 Å². The number of likely N-dealkylation sites (tertiary alicyclic amines) is 1. The average Bonchev–Trinajstić information content (AvgIpc) is 3.29. The van der Waals surface area contributed by atoms with Crippen LogP contribution in [0.1, 0.15) is 50.5 Å². The Morgan fingerprint density at radius 1 is 1.17 bits per heavy atom. The number of hydrogen-bond donors (Lipinski definition) is 1. The fourth-order valence-electron chi connectivity index (χ4n) is 4.48. The number of aliphatic imine (C=N–C) groups is 1. The molecule has 3 aliphatic heterocycles. The fraction of sp³-hybridized carbons (Fsp3) is 0.696. The van der Waals surface area contributed by atoms with Crippen LogP contribution in [0.15, 0.2) is 29.3 Å². The topological polar surface area (TPSA) is 55.3 Å². The minimum absolute atomic E-state index is 0.314. The van der Waals surface area contributed by atoms with E-state index in [0.29, 0.717) is 18.1 Å². The molecular weight excluding hydrogens is 366 g/mol. The Morgan fingerprint density at radius 2 is 2.03 bits per heavy atom. The van der Waals surface area contributed by atoms with Crippen molar-refractivity contribution in [1.82, 2.24) is 10.2 Å². The first kappa shape index (κ1) is 20.5. The molecule has 4 rings (SSSR count). The van der Waals surface area contributed by atoms with Gasteiger partial charge in [-0.15, -0.1) is 0 Å². The summed E-state index contributed by atoms with van der Waals surface area (Å²) in [4.78, 5) is 7.40. The van der Waals surface area contributed by atoms with Gasteiger partial charge in [-0.3, -0.25) is 4.99 Å². The summed E-state index contributed by atoms with van der Waals surface area (Å²) in [5.41, 5.74) is 1.29. The van der Waals surface area contributed by atoms with Gasteiger partial charge in [0.15, 0.2) is 5.96 Å². The van der Waals surface area contributed by atoms with E-state index in [9.17, 15) is 0 Å². The van der Waals surface area contributed by atoms with Gasteiger partial charge in [0.1, 0.15) is 5.75 Å². The Labute approximate surface area is 174 Å². The maximum atomic E-state index is 6.12. The fourth-order valence-corrected chi connectivity index (χ4v) is 4.48. The largest absolute Gasteiger partial charge is 0.493 e. The van der Waals surface area contributed by atoms with Crippen molar-refractivity contribution in [2.45, 2.75) is 57.2 Å². The molecule has 6 heteroatoms. The number of ether oxygens (including phenoxy) is 3. The van der Waals surface area contributed by atoms with Gasteiger partial charge < -0.3 is 24.4 Å². The van der Waals surface area contributed by atoms with Gasteiger partial charge in [0.25, 0.3) is 0 Å². The molecule has 2 fully saturated rings. The average molecular weight is 402 g/mol. The summed E-state index contributed by atoms with van der Waals surface area (Å²) < 4.78 is 17.6. The van der Waals surface area contributed by atoms with Crippen LogP contribution in [0.2, 0.25) is 0 Å². The van der Waals surface area contributed by atoms with E-state index in [1.54, 1.807) is 0 Å². The van der Waals surface area contributed by atoms with E-state index >= 15 is 0 Å². The molecule has 0 spiro atoms. The Balaban J connectivity index is 1.30. The van der Waals surface area contributed by atoms with E-state index in [1.165, 1.54) is 12.0 Å². The smallest absolute Gasteiger partial charge is 0.193 e. The maximum absolute atomic E-state index is 6.12. The number of guanidine groups is 1. The summed E-state index contributed by atoms with van der Waals surface area (Å²) >= 11 is 0. The third-order valence-corrected chi connectivity index (χ3v) is 6.16. The van der Waals surface area contributed by atoms with E-state index in [4.69, 9.17) is 19.2 Å². The van der Waals surface area contributed by atoms with Crippen LogP contribution < -0.4 is 10.1 Å². The van der Waals surface area contributed by atoms with Crippen LogP contribution in [-0.2, 0) is 9.47 Å². The minimum Gasteiger partial charge on any atom is -0.493 e. The Bertz CT molecular complexity index is 667. The Hall–Kier alpha value is -1.79. The van der Waals surface area contributed by atoms with Gasteiger partial charge in [0.2, 0.25) is 0 Å². The van der Waals surface area contributed by atoms with Crippen molar-refractivity contribution in [3.63, 3.8) is 0 Å². The summed E-state index contributed by atoms with van der Waals surface area (Å²) in [6.07, 6.45) is 6.11. The third-order valence-electron chi connectivity index (χ3n) is 6.16. The lowest BCUT2D eigenvalue weighted by molar-refractivity contribution is -0.0367. The molecule has 2 unspecified atom stereocenters. The SMILES string of the molecule is CCNC(=NCC1CCOc2ccccc21)N1CCC(OCC2CCCO2)CC1. The first-order valence-corrected chi connectivity index (χ1v) is 11.3. The summed E-state index contributed by atoms with van der Waals surface area (Å²) in [6, 6.07) is 8.38. The monoisotopic (exact) mass is 401 g/mol. The number of piperidine rings is 1. The predicted molar refractivity (Wildman–Crippen MR) is 115 cm³/mol. The maximum Gasteiger partial charge on any atom is 0.193 e. The van der Waals surface area contributed by atoms with Crippen LogP contribution in [-0.4, -0.2) is 69.1 Å². The second kappa shape index (κ2) is 10.3. The molecule has 0 amide bonds. The first-order chi connectivity index (χ1) is 14.3. The summed E-state index contributed by atoms with van der Waals surface area (Å²) in [6.45, 7) is 8.24. The second-order valence-electron chi connectivity index (χ2n) is 8.22. The number of nitrogens with zero attached hydrogens (tertiary/aromatic N) is 2. The molecule has 0 saturated carbocycles. The third kappa shape index (κ3) is 5.43. The molecule has 160 valence electrons. The highest BCUT2D eigenvalue weighted by atomic mass is 16.5. The molecule has 29 heavy (non-hydrogen) atoms. The predicted octanol–water partition coefficient (Wildman–Crippen LogP) is 3.18. The first-order valence-electron chi connectivity index (χ1n) is 11.3. The van der Waals surface area contributed by atoms with Gasteiger partial charge >= 0.3 is 0 Å². The van der Waals surface area contributed by atoms with E-state index in [1.807, 2.05) is 6.07 Å². The molecule has 2 saturated heterocycles. The van der Waals surface area contributed by atoms with Crippen LogP contribution in [0.5, 0.6) is 5.75 Å². The van der Waals surface area contributed by atoms with Crippen LogP contribution in [0.25, 0.3) is 0 Å². The van der Waals surface area contributed by atoms with Crippen LogP contribution >= 0.6 is 0 Å². The van der Waals surface area contributed by atoms with E-state index in [0.717, 1.165) is 83.4 Å². The van der Waals surface area contributed by atoms with Gasteiger partial charge in [-0.2, -0.15) is 0 Å². The number of rotatable bonds is 6. The molecule has 3 heterocycles. The summed E-state index contributed by atoms with van der Waals surface area (Å²) in [5.74, 6) is 2.49. The molecule has 0 bridgehead atoms. The molecule has 1 aromatic carbocycles. The van der Waals surface area contributed by atoms with E-state index in [-0.39, 0.29) is 0 Å². The van der Waals surface area contributed by atoms with Gasteiger partial charge in [-0.1, -0.05) is 18.2 Å². The van der Waals surface area contributed by atoms with Crippen molar-refractivity contribution < 1.29 is 14.2 Å². The molecular formula is C23H35N3O3. The van der Waals surface area contributed by atoms with Crippen molar-refractivity contribution in [2.24, 2.45) is 4.99 Å². The number of nitrogens with one attached hydrogen (secondary N) is 1. The zero-order chi connectivity index (χ0) is 19.9. The van der Waals surface area contributed by atoms with Gasteiger partial charge in [0, 0.05) is 38.7 Å².